The molecule has 2 aromatic carbocycles. The maximum absolute atomic E-state index is 12.1. The fourth-order valence-electron chi connectivity index (χ4n) is 1.78. The number of alkyl halides is 3. The van der Waals surface area contributed by atoms with Gasteiger partial charge in [0.05, 0.1) is 0 Å². The van der Waals surface area contributed by atoms with Crippen LogP contribution in [0.5, 0.6) is 5.75 Å². The van der Waals surface area contributed by atoms with Crippen LogP contribution in [0.15, 0.2) is 46.9 Å². The molecular weight excluding hydrogens is 335 g/mol. The predicted octanol–water partition coefficient (Wildman–Crippen LogP) is 4.47. The van der Waals surface area contributed by atoms with E-state index in [0.717, 1.165) is 21.2 Å². The standard InChI is InChI=1S/C14H11BrF3NO/c15-12-6-9(8-19)5-11(7-12)10-1-3-13(4-2-10)20-14(16,17)18/h1-7H,8,19H2. The monoisotopic (exact) mass is 345 g/mol. The summed E-state index contributed by atoms with van der Waals surface area (Å²) in [6.45, 7) is 0.391. The van der Waals surface area contributed by atoms with E-state index in [2.05, 4.69) is 20.7 Å². The number of hydrogen-bond donors (Lipinski definition) is 1. The summed E-state index contributed by atoms with van der Waals surface area (Å²) >= 11 is 3.38. The van der Waals surface area contributed by atoms with Crippen molar-refractivity contribution in [2.75, 3.05) is 0 Å². The van der Waals surface area contributed by atoms with Crippen molar-refractivity contribution in [3.63, 3.8) is 0 Å². The molecule has 2 aromatic rings. The molecule has 6 heteroatoms. The SMILES string of the molecule is NCc1cc(Br)cc(-c2ccc(OC(F)(F)F)cc2)c1. The summed E-state index contributed by atoms with van der Waals surface area (Å²) in [4.78, 5) is 0. The van der Waals surface area contributed by atoms with E-state index in [1.165, 1.54) is 12.1 Å². The average molecular weight is 346 g/mol. The van der Waals surface area contributed by atoms with Crippen molar-refractivity contribution in [1.29, 1.82) is 0 Å². The summed E-state index contributed by atoms with van der Waals surface area (Å²) in [6.07, 6.45) is -4.68. The molecule has 2 rings (SSSR count). The van der Waals surface area contributed by atoms with Crippen LogP contribution in [0.4, 0.5) is 13.2 Å². The average Bonchev–Trinajstić information content (AvgIpc) is 2.37. The zero-order chi connectivity index (χ0) is 14.8. The molecule has 0 amide bonds. The molecule has 0 aliphatic carbocycles. The molecule has 0 spiro atoms. The van der Waals surface area contributed by atoms with Crippen molar-refractivity contribution < 1.29 is 17.9 Å². The zero-order valence-corrected chi connectivity index (χ0v) is 11.8. The highest BCUT2D eigenvalue weighted by molar-refractivity contribution is 9.10. The van der Waals surface area contributed by atoms with Gasteiger partial charge in [-0.2, -0.15) is 0 Å². The maximum Gasteiger partial charge on any atom is 0.573 e. The third-order valence-electron chi connectivity index (χ3n) is 2.61. The Balaban J connectivity index is 2.28. The van der Waals surface area contributed by atoms with Crippen molar-refractivity contribution >= 4 is 15.9 Å². The molecule has 20 heavy (non-hydrogen) atoms. The zero-order valence-electron chi connectivity index (χ0n) is 10.2. The molecule has 106 valence electrons. The molecular formula is C14H11BrF3NO. The Bertz CT molecular complexity index is 596. The van der Waals surface area contributed by atoms with Gasteiger partial charge in [0, 0.05) is 11.0 Å². The van der Waals surface area contributed by atoms with Gasteiger partial charge in [0.2, 0.25) is 0 Å². The van der Waals surface area contributed by atoms with Gasteiger partial charge in [-0.25, -0.2) is 0 Å². The van der Waals surface area contributed by atoms with E-state index < -0.39 is 6.36 Å². The van der Waals surface area contributed by atoms with Gasteiger partial charge in [-0.15, -0.1) is 13.2 Å². The first kappa shape index (κ1) is 14.9. The molecule has 0 aromatic heterocycles. The number of rotatable bonds is 3. The van der Waals surface area contributed by atoms with Crippen molar-refractivity contribution in [3.05, 3.63) is 52.5 Å². The van der Waals surface area contributed by atoms with Crippen LogP contribution in [-0.2, 0) is 6.54 Å². The maximum atomic E-state index is 12.1. The molecule has 0 unspecified atom stereocenters. The van der Waals surface area contributed by atoms with Crippen molar-refractivity contribution in [2.45, 2.75) is 12.9 Å². The largest absolute Gasteiger partial charge is 0.573 e. The Kier molecular flexibility index (Phi) is 4.35. The summed E-state index contributed by atoms with van der Waals surface area (Å²) in [6, 6.07) is 11.4. The number of ether oxygens (including phenoxy) is 1. The predicted molar refractivity (Wildman–Crippen MR) is 74.2 cm³/mol. The lowest BCUT2D eigenvalue weighted by Gasteiger charge is -2.10. The normalized spacial score (nSPS) is 11.4. The van der Waals surface area contributed by atoms with E-state index in [0.29, 0.717) is 6.54 Å². The lowest BCUT2D eigenvalue weighted by atomic mass is 10.0. The lowest BCUT2D eigenvalue weighted by molar-refractivity contribution is -0.274. The number of benzene rings is 2. The summed E-state index contributed by atoms with van der Waals surface area (Å²) in [5.74, 6) is -0.240. The summed E-state index contributed by atoms with van der Waals surface area (Å²) in [5, 5.41) is 0. The second-order valence-electron chi connectivity index (χ2n) is 4.12. The second kappa shape index (κ2) is 5.85. The highest BCUT2D eigenvalue weighted by atomic mass is 79.9. The van der Waals surface area contributed by atoms with Gasteiger partial charge in [-0.1, -0.05) is 28.1 Å². The molecule has 0 saturated heterocycles. The first-order valence-electron chi connectivity index (χ1n) is 5.73. The van der Waals surface area contributed by atoms with Gasteiger partial charge in [0.15, 0.2) is 0 Å². The quantitative estimate of drug-likeness (QED) is 0.890. The first-order chi connectivity index (χ1) is 9.37. The van der Waals surface area contributed by atoms with Crippen LogP contribution in [0, 0.1) is 0 Å². The van der Waals surface area contributed by atoms with Gasteiger partial charge in [-0.05, 0) is 47.0 Å². The van der Waals surface area contributed by atoms with E-state index in [4.69, 9.17) is 5.73 Å². The Hall–Kier alpha value is -1.53. The van der Waals surface area contributed by atoms with Gasteiger partial charge in [0.1, 0.15) is 5.75 Å². The van der Waals surface area contributed by atoms with Crippen LogP contribution >= 0.6 is 15.9 Å². The fourth-order valence-corrected chi connectivity index (χ4v) is 2.32. The summed E-state index contributed by atoms with van der Waals surface area (Å²) in [7, 11) is 0. The molecule has 2 N–H and O–H groups in total. The van der Waals surface area contributed by atoms with E-state index in [1.807, 2.05) is 18.2 Å². The van der Waals surface area contributed by atoms with Crippen molar-refractivity contribution in [1.82, 2.24) is 0 Å². The Labute approximate surface area is 122 Å². The van der Waals surface area contributed by atoms with Gasteiger partial charge in [-0.3, -0.25) is 0 Å². The summed E-state index contributed by atoms with van der Waals surface area (Å²) in [5.41, 5.74) is 8.19. The third kappa shape index (κ3) is 3.98. The van der Waals surface area contributed by atoms with E-state index in [1.54, 1.807) is 12.1 Å². The molecule has 0 fully saturated rings. The van der Waals surface area contributed by atoms with Crippen LogP contribution in [0.25, 0.3) is 11.1 Å². The number of hydrogen-bond acceptors (Lipinski definition) is 2. The highest BCUT2D eigenvalue weighted by Gasteiger charge is 2.30. The minimum Gasteiger partial charge on any atom is -0.406 e. The van der Waals surface area contributed by atoms with Crippen LogP contribution in [0.3, 0.4) is 0 Å². The molecule has 0 saturated carbocycles. The van der Waals surface area contributed by atoms with E-state index in [-0.39, 0.29) is 5.75 Å². The fraction of sp³-hybridized carbons (Fsp3) is 0.143. The van der Waals surface area contributed by atoms with E-state index >= 15 is 0 Å². The van der Waals surface area contributed by atoms with Gasteiger partial charge < -0.3 is 10.5 Å². The number of halogens is 4. The molecule has 2 nitrogen and oxygen atoms in total. The second-order valence-corrected chi connectivity index (χ2v) is 5.04. The third-order valence-corrected chi connectivity index (χ3v) is 3.07. The molecule has 0 radical (unpaired) electrons. The molecule has 0 heterocycles. The molecule has 0 aliphatic heterocycles. The van der Waals surface area contributed by atoms with E-state index in [9.17, 15) is 13.2 Å². The highest BCUT2D eigenvalue weighted by Crippen LogP contribution is 2.28. The smallest absolute Gasteiger partial charge is 0.406 e. The minimum absolute atomic E-state index is 0.240. The van der Waals surface area contributed by atoms with Crippen LogP contribution < -0.4 is 10.5 Å². The minimum atomic E-state index is -4.68. The van der Waals surface area contributed by atoms with Gasteiger partial charge in [0.25, 0.3) is 0 Å². The Morgan fingerprint density at radius 3 is 2.20 bits per heavy atom. The molecule has 0 atom stereocenters. The topological polar surface area (TPSA) is 35.2 Å². The van der Waals surface area contributed by atoms with Crippen LogP contribution in [-0.4, -0.2) is 6.36 Å². The first-order valence-corrected chi connectivity index (χ1v) is 6.52. The van der Waals surface area contributed by atoms with Gasteiger partial charge >= 0.3 is 6.36 Å². The van der Waals surface area contributed by atoms with Crippen LogP contribution in [0.1, 0.15) is 5.56 Å². The van der Waals surface area contributed by atoms with Crippen molar-refractivity contribution in [3.8, 4) is 16.9 Å². The summed E-state index contributed by atoms with van der Waals surface area (Å²) < 4.78 is 40.9. The van der Waals surface area contributed by atoms with Crippen LogP contribution in [0.2, 0.25) is 0 Å². The Morgan fingerprint density at radius 1 is 1.00 bits per heavy atom. The molecule has 0 bridgehead atoms. The molecule has 0 aliphatic rings. The van der Waals surface area contributed by atoms with Crippen molar-refractivity contribution in [2.24, 2.45) is 5.73 Å². The lowest BCUT2D eigenvalue weighted by Crippen LogP contribution is -2.16. The number of nitrogens with two attached hydrogens (primary N) is 1. The Morgan fingerprint density at radius 2 is 1.65 bits per heavy atom.